The smallest absolute Gasteiger partial charge is 0.341 e. The molecule has 2 aromatic rings. The molecule has 0 amide bonds. The largest absolute Gasteiger partial charge is 0.507 e. The third kappa shape index (κ3) is 4.68. The van der Waals surface area contributed by atoms with Crippen molar-refractivity contribution in [3.8, 4) is 11.5 Å². The number of methoxy groups -OCH3 is 3. The van der Waals surface area contributed by atoms with Crippen molar-refractivity contribution < 1.29 is 68.8 Å². The minimum absolute atomic E-state index is 0.0231. The number of hydrogen-bond donors (Lipinski definition) is 7. The Hall–Kier alpha value is -4.55. The predicted molar refractivity (Wildman–Crippen MR) is 174 cm³/mol. The molecule has 0 bridgehead atoms. The highest BCUT2D eigenvalue weighted by Crippen LogP contribution is 2.56. The van der Waals surface area contributed by atoms with Crippen LogP contribution in [0.15, 0.2) is 28.9 Å². The molecule has 16 heteroatoms. The maximum absolute atomic E-state index is 14.7. The number of aliphatic imine (C=N–C) groups is 1. The van der Waals surface area contributed by atoms with Gasteiger partial charge in [-0.25, -0.2) is 4.79 Å². The van der Waals surface area contributed by atoms with Crippen LogP contribution in [-0.4, -0.2) is 131 Å². The Bertz CT molecular complexity index is 1950. The molecule has 1 saturated heterocycles. The van der Waals surface area contributed by atoms with Crippen LogP contribution in [-0.2, 0) is 31.0 Å². The third-order valence-electron chi connectivity index (χ3n) is 10.5. The molecule has 0 saturated carbocycles. The van der Waals surface area contributed by atoms with E-state index in [1.54, 1.807) is 6.92 Å². The number of ketones is 3. The maximum Gasteiger partial charge on any atom is 0.341 e. The molecule has 0 spiro atoms. The fourth-order valence-electron chi connectivity index (χ4n) is 8.09. The summed E-state index contributed by atoms with van der Waals surface area (Å²) in [4.78, 5) is 60.3. The predicted octanol–water partition coefficient (Wildman–Crippen LogP) is -0.420. The van der Waals surface area contributed by atoms with Gasteiger partial charge in [0.2, 0.25) is 17.3 Å². The Morgan fingerprint density at radius 2 is 1.75 bits per heavy atom. The summed E-state index contributed by atoms with van der Waals surface area (Å²) in [5.74, 6) is -7.12. The van der Waals surface area contributed by atoms with Gasteiger partial charge in [0, 0.05) is 44.4 Å². The number of nitrogens with zero attached hydrogens (tertiary/aromatic N) is 1. The number of aromatic hydroxyl groups is 2. The summed E-state index contributed by atoms with van der Waals surface area (Å²) in [6, 6.07) is 2.34. The van der Waals surface area contributed by atoms with Gasteiger partial charge in [0.25, 0.3) is 0 Å². The first-order chi connectivity index (χ1) is 24.1. The van der Waals surface area contributed by atoms with Gasteiger partial charge in [-0.05, 0) is 37.1 Å². The van der Waals surface area contributed by atoms with Gasteiger partial charge in [0.05, 0.1) is 60.5 Å². The number of aryl methyl sites for hydroxylation is 1. The number of nitrogens with one attached hydrogen (secondary N) is 1. The van der Waals surface area contributed by atoms with Crippen LogP contribution in [0.5, 0.6) is 11.5 Å². The van der Waals surface area contributed by atoms with E-state index in [0.29, 0.717) is 0 Å². The molecule has 0 unspecified atom stereocenters. The number of rotatable bonds is 6. The number of aliphatic hydroxyl groups is 4. The molecule has 0 aromatic heterocycles. The Kier molecular flexibility index (Phi) is 8.95. The normalized spacial score (nSPS) is 32.1. The highest BCUT2D eigenvalue weighted by atomic mass is 16.6. The molecule has 16 nitrogen and oxygen atoms in total. The van der Waals surface area contributed by atoms with Gasteiger partial charge in [-0.2, -0.15) is 0 Å². The second-order valence-electron chi connectivity index (χ2n) is 13.0. The molecule has 8 atom stereocenters. The van der Waals surface area contributed by atoms with E-state index >= 15 is 0 Å². The zero-order valence-corrected chi connectivity index (χ0v) is 28.5. The summed E-state index contributed by atoms with van der Waals surface area (Å²) in [5.41, 5.74) is -8.89. The van der Waals surface area contributed by atoms with E-state index in [-0.39, 0.29) is 33.7 Å². The SMILES string of the molecule is CN=C1C=C(N[C@H]2O[C@@H](C)[C@H](OC)[C@@H](O)[C@H]2CO)C(=O)c2cc3c(c(O)c21)C(=O)[C@]1(OC)[C@H](O)Cc2cc(C)c(C(=O)OC)c(O)c2[C@]1(O)C3=O. The summed E-state index contributed by atoms with van der Waals surface area (Å²) < 4.78 is 21.6. The topological polar surface area (TPSA) is 251 Å². The van der Waals surface area contributed by atoms with Gasteiger partial charge in [-0.15, -0.1) is 0 Å². The standard InChI is InChI=1S/C35H38N2O14/c1-12-7-14-8-20(39)35(50-6)31(45)23-16(30(44)34(35,47)24(14)28(43)21(12)33(46)49-5)9-15-22(27(23)42)18(36-3)10-19(25(15)40)37-32-17(11-38)26(41)29(48-4)13(2)51-32/h7,9-10,13,17,20,26,29,32,37-39,41-43,47H,8,11H2,1-6H3/t13-,17+,20+,26-,29-,32-,34-,35+/m0/s1. The maximum atomic E-state index is 14.7. The number of phenols is 2. The first-order valence-corrected chi connectivity index (χ1v) is 16.0. The van der Waals surface area contributed by atoms with Crippen molar-refractivity contribution in [2.24, 2.45) is 10.9 Å². The van der Waals surface area contributed by atoms with Crippen molar-refractivity contribution in [1.82, 2.24) is 5.32 Å². The molecule has 1 heterocycles. The number of carbonyl (C=O) groups is 4. The number of hydrogen-bond acceptors (Lipinski definition) is 16. The quantitative estimate of drug-likeness (QED) is 0.188. The molecule has 6 rings (SSSR count). The van der Waals surface area contributed by atoms with Gasteiger partial charge in [0.1, 0.15) is 29.4 Å². The minimum Gasteiger partial charge on any atom is -0.507 e. The Morgan fingerprint density at radius 3 is 2.33 bits per heavy atom. The summed E-state index contributed by atoms with van der Waals surface area (Å²) in [6.45, 7) is 2.54. The Labute approximate surface area is 290 Å². The number of ether oxygens (including phenoxy) is 4. The van der Waals surface area contributed by atoms with Crippen LogP contribution < -0.4 is 5.32 Å². The van der Waals surface area contributed by atoms with Crippen molar-refractivity contribution in [3.63, 3.8) is 0 Å². The van der Waals surface area contributed by atoms with Crippen molar-refractivity contribution in [3.05, 3.63) is 68.4 Å². The van der Waals surface area contributed by atoms with Gasteiger partial charge in [-0.3, -0.25) is 19.4 Å². The zero-order chi connectivity index (χ0) is 37.5. The molecule has 1 aliphatic heterocycles. The molecular formula is C35H38N2O14. The van der Waals surface area contributed by atoms with Gasteiger partial charge >= 0.3 is 5.97 Å². The number of esters is 1. The minimum atomic E-state index is -3.19. The molecule has 1 fully saturated rings. The fourth-order valence-corrected chi connectivity index (χ4v) is 8.09. The second-order valence-corrected chi connectivity index (χ2v) is 13.0. The summed E-state index contributed by atoms with van der Waals surface area (Å²) >= 11 is 0. The van der Waals surface area contributed by atoms with E-state index in [1.807, 2.05) is 0 Å². The lowest BCUT2D eigenvalue weighted by molar-refractivity contribution is -0.214. The molecule has 4 aliphatic rings. The van der Waals surface area contributed by atoms with Crippen LogP contribution in [0, 0.1) is 12.8 Å². The lowest BCUT2D eigenvalue weighted by Gasteiger charge is -2.53. The van der Waals surface area contributed by atoms with Crippen molar-refractivity contribution in [2.75, 3.05) is 35.0 Å². The zero-order valence-electron chi connectivity index (χ0n) is 28.5. The van der Waals surface area contributed by atoms with Gasteiger partial charge in [-0.1, -0.05) is 6.07 Å². The lowest BCUT2D eigenvalue weighted by atomic mass is 9.56. The van der Waals surface area contributed by atoms with Crippen LogP contribution in [0.1, 0.15) is 70.6 Å². The van der Waals surface area contributed by atoms with E-state index in [4.69, 9.17) is 18.9 Å². The number of phenolic OH excluding ortho intramolecular Hbond substituents is 2. The van der Waals surface area contributed by atoms with Crippen LogP contribution in [0.25, 0.3) is 0 Å². The first-order valence-electron chi connectivity index (χ1n) is 16.0. The van der Waals surface area contributed by atoms with Crippen molar-refractivity contribution >= 4 is 29.0 Å². The second kappa shape index (κ2) is 12.6. The van der Waals surface area contributed by atoms with Crippen molar-refractivity contribution in [1.29, 1.82) is 0 Å². The molecule has 51 heavy (non-hydrogen) atoms. The van der Waals surface area contributed by atoms with E-state index in [2.05, 4.69) is 10.3 Å². The van der Waals surface area contributed by atoms with E-state index in [1.165, 1.54) is 33.2 Å². The van der Waals surface area contributed by atoms with Crippen LogP contribution in [0.2, 0.25) is 0 Å². The van der Waals surface area contributed by atoms with Gasteiger partial charge < -0.3 is 54.9 Å². The molecule has 272 valence electrons. The number of fused-ring (bicyclic) bond motifs is 5. The van der Waals surface area contributed by atoms with Crippen LogP contribution in [0.4, 0.5) is 0 Å². The highest BCUT2D eigenvalue weighted by Gasteiger charge is 2.72. The average Bonchev–Trinajstić information content (AvgIpc) is 3.08. The Morgan fingerprint density at radius 1 is 1.06 bits per heavy atom. The number of aliphatic hydroxyl groups excluding tert-OH is 3. The monoisotopic (exact) mass is 710 g/mol. The highest BCUT2D eigenvalue weighted by molar-refractivity contribution is 6.31. The van der Waals surface area contributed by atoms with E-state index in [9.17, 15) is 49.8 Å². The van der Waals surface area contributed by atoms with Crippen LogP contribution in [0.3, 0.4) is 0 Å². The molecule has 3 aliphatic carbocycles. The van der Waals surface area contributed by atoms with E-state index < -0.39 is 118 Å². The lowest BCUT2D eigenvalue weighted by Crippen LogP contribution is -2.73. The molecule has 0 radical (unpaired) electrons. The Balaban J connectivity index is 1.54. The van der Waals surface area contributed by atoms with E-state index in [0.717, 1.165) is 20.3 Å². The molecule has 2 aromatic carbocycles. The number of benzene rings is 2. The van der Waals surface area contributed by atoms with Crippen LogP contribution >= 0.6 is 0 Å². The summed E-state index contributed by atoms with van der Waals surface area (Å²) in [5, 5.41) is 71.0. The number of carbonyl (C=O) groups excluding carboxylic acids is 4. The fraction of sp³-hybridized carbons (Fsp3) is 0.457. The van der Waals surface area contributed by atoms with Gasteiger partial charge in [0.15, 0.2) is 11.2 Å². The third-order valence-corrected chi connectivity index (χ3v) is 10.5. The molecular weight excluding hydrogens is 672 g/mol. The number of allylic oxidation sites excluding steroid dienone is 2. The average molecular weight is 711 g/mol. The summed E-state index contributed by atoms with van der Waals surface area (Å²) in [7, 11) is 4.74. The summed E-state index contributed by atoms with van der Waals surface area (Å²) in [6.07, 6.45) is -4.84. The number of Topliss-reactive ketones (excluding diaryl/α,β-unsaturated/α-hetero) is 3. The molecule has 7 N–H and O–H groups in total. The first kappa shape index (κ1) is 36.2. The van der Waals surface area contributed by atoms with Crippen molar-refractivity contribution in [2.45, 2.75) is 62.1 Å².